The van der Waals surface area contributed by atoms with Crippen LogP contribution in [0.1, 0.15) is 48.2 Å². The van der Waals surface area contributed by atoms with Gasteiger partial charge in [-0.3, -0.25) is 4.79 Å². The first kappa shape index (κ1) is 20.1. The summed E-state index contributed by atoms with van der Waals surface area (Å²) in [6, 6.07) is 9.26. The van der Waals surface area contributed by atoms with Gasteiger partial charge in [-0.15, -0.1) is 0 Å². The normalized spacial score (nSPS) is 13.7. The van der Waals surface area contributed by atoms with Crippen molar-refractivity contribution in [1.29, 1.82) is 0 Å². The van der Waals surface area contributed by atoms with Crippen LogP contribution in [0, 0.1) is 6.92 Å². The summed E-state index contributed by atoms with van der Waals surface area (Å²) in [5.74, 6) is -0.983. The Morgan fingerprint density at radius 1 is 1.25 bits per heavy atom. The quantitative estimate of drug-likeness (QED) is 0.562. The van der Waals surface area contributed by atoms with E-state index in [4.69, 9.17) is 16.3 Å². The van der Waals surface area contributed by atoms with Gasteiger partial charge in [0.1, 0.15) is 10.7 Å². The minimum atomic E-state index is -0.658. The van der Waals surface area contributed by atoms with Gasteiger partial charge in [0, 0.05) is 6.54 Å². The molecular formula is C21H24ClN3O3. The Labute approximate surface area is 169 Å². The first-order chi connectivity index (χ1) is 13.6. The van der Waals surface area contributed by atoms with Crippen molar-refractivity contribution in [2.24, 2.45) is 0 Å². The molecule has 0 spiro atoms. The molecule has 3 rings (SSSR count). The fourth-order valence-electron chi connectivity index (χ4n) is 3.22. The predicted molar refractivity (Wildman–Crippen MR) is 108 cm³/mol. The largest absolute Gasteiger partial charge is 0.452 e. The van der Waals surface area contributed by atoms with E-state index in [1.165, 1.54) is 23.1 Å². The Bertz CT molecular complexity index is 875. The summed E-state index contributed by atoms with van der Waals surface area (Å²) >= 11 is 6.34. The van der Waals surface area contributed by atoms with Gasteiger partial charge in [0.25, 0.3) is 5.91 Å². The van der Waals surface area contributed by atoms with E-state index in [1.807, 2.05) is 30.3 Å². The van der Waals surface area contributed by atoms with Gasteiger partial charge in [-0.25, -0.2) is 9.48 Å². The lowest BCUT2D eigenvalue weighted by Gasteiger charge is -2.13. The lowest BCUT2D eigenvalue weighted by Crippen LogP contribution is -2.30. The molecule has 0 atom stereocenters. The maximum atomic E-state index is 12.4. The van der Waals surface area contributed by atoms with E-state index in [1.54, 1.807) is 6.92 Å². The molecule has 0 aliphatic heterocycles. The SMILES string of the molecule is Cc1nn(-c2ccccc2)c(Cl)c1C(=O)OCC(=O)NCCC1=CCCCC1. The maximum absolute atomic E-state index is 12.4. The van der Waals surface area contributed by atoms with Crippen molar-refractivity contribution in [3.05, 3.63) is 58.4 Å². The summed E-state index contributed by atoms with van der Waals surface area (Å²) < 4.78 is 6.62. The van der Waals surface area contributed by atoms with Crippen molar-refractivity contribution in [2.75, 3.05) is 13.2 Å². The van der Waals surface area contributed by atoms with Crippen LogP contribution < -0.4 is 5.32 Å². The van der Waals surface area contributed by atoms with Gasteiger partial charge in [-0.1, -0.05) is 41.4 Å². The molecule has 0 fully saturated rings. The van der Waals surface area contributed by atoms with E-state index in [0.717, 1.165) is 24.9 Å². The predicted octanol–water partition coefficient (Wildman–Crippen LogP) is 4.00. The molecule has 1 amide bonds. The molecule has 0 saturated heterocycles. The van der Waals surface area contributed by atoms with Gasteiger partial charge in [0.2, 0.25) is 0 Å². The van der Waals surface area contributed by atoms with E-state index in [0.29, 0.717) is 12.2 Å². The number of carbonyl (C=O) groups excluding carboxylic acids is 2. The lowest BCUT2D eigenvalue weighted by molar-refractivity contribution is -0.124. The molecule has 28 heavy (non-hydrogen) atoms. The summed E-state index contributed by atoms with van der Waals surface area (Å²) in [4.78, 5) is 24.4. The van der Waals surface area contributed by atoms with E-state index in [9.17, 15) is 9.59 Å². The van der Waals surface area contributed by atoms with Crippen LogP contribution in [0.15, 0.2) is 42.0 Å². The number of rotatable bonds is 7. The second-order valence-electron chi connectivity index (χ2n) is 6.78. The van der Waals surface area contributed by atoms with Gasteiger partial charge in [0.05, 0.1) is 11.4 Å². The molecule has 1 aromatic carbocycles. The zero-order chi connectivity index (χ0) is 19.9. The third-order valence-electron chi connectivity index (χ3n) is 4.70. The van der Waals surface area contributed by atoms with Gasteiger partial charge >= 0.3 is 5.97 Å². The van der Waals surface area contributed by atoms with Gasteiger partial charge in [-0.2, -0.15) is 5.10 Å². The molecule has 1 aliphatic carbocycles. The minimum Gasteiger partial charge on any atom is -0.452 e. The fraction of sp³-hybridized carbons (Fsp3) is 0.381. The van der Waals surface area contributed by atoms with Crippen molar-refractivity contribution >= 4 is 23.5 Å². The molecule has 0 saturated carbocycles. The number of benzene rings is 1. The smallest absolute Gasteiger partial charge is 0.343 e. The van der Waals surface area contributed by atoms with Crippen LogP contribution in [0.2, 0.25) is 5.15 Å². The fourth-order valence-corrected chi connectivity index (χ4v) is 3.57. The highest BCUT2D eigenvalue weighted by Gasteiger charge is 2.23. The molecular weight excluding hydrogens is 378 g/mol. The first-order valence-electron chi connectivity index (χ1n) is 9.48. The van der Waals surface area contributed by atoms with Crippen LogP contribution in [0.4, 0.5) is 0 Å². The standard InChI is InChI=1S/C21H24ClN3O3/c1-15-19(20(22)25(24-15)17-10-6-3-7-11-17)21(27)28-14-18(26)23-13-12-16-8-4-2-5-9-16/h3,6-8,10-11H,2,4-5,9,12-14H2,1H3,(H,23,26). The van der Waals surface area contributed by atoms with Crippen molar-refractivity contribution < 1.29 is 14.3 Å². The summed E-state index contributed by atoms with van der Waals surface area (Å²) in [5.41, 5.74) is 2.75. The number of nitrogens with zero attached hydrogens (tertiary/aromatic N) is 2. The molecule has 0 radical (unpaired) electrons. The van der Waals surface area contributed by atoms with Crippen molar-refractivity contribution in [2.45, 2.75) is 39.0 Å². The topological polar surface area (TPSA) is 73.2 Å². The summed E-state index contributed by atoms with van der Waals surface area (Å²) in [6.07, 6.45) is 7.79. The summed E-state index contributed by atoms with van der Waals surface area (Å²) in [6.45, 7) is 1.89. The summed E-state index contributed by atoms with van der Waals surface area (Å²) in [5, 5.41) is 7.26. The highest BCUT2D eigenvalue weighted by atomic mass is 35.5. The number of aromatic nitrogens is 2. The molecule has 0 unspecified atom stereocenters. The van der Waals surface area contributed by atoms with Gasteiger partial charge in [0.15, 0.2) is 6.61 Å². The average molecular weight is 402 g/mol. The van der Waals surface area contributed by atoms with Crippen molar-refractivity contribution in [3.8, 4) is 5.69 Å². The third-order valence-corrected chi connectivity index (χ3v) is 5.05. The molecule has 1 aliphatic rings. The van der Waals surface area contributed by atoms with Gasteiger partial charge in [-0.05, 0) is 51.2 Å². The zero-order valence-corrected chi connectivity index (χ0v) is 16.7. The van der Waals surface area contributed by atoms with E-state index in [2.05, 4.69) is 16.5 Å². The number of carbonyl (C=O) groups is 2. The number of allylic oxidation sites excluding steroid dienone is 1. The van der Waals surface area contributed by atoms with E-state index in [-0.39, 0.29) is 23.2 Å². The van der Waals surface area contributed by atoms with Crippen LogP contribution in [-0.2, 0) is 9.53 Å². The van der Waals surface area contributed by atoms with Crippen LogP contribution in [0.25, 0.3) is 5.69 Å². The minimum absolute atomic E-state index is 0.165. The number of nitrogens with one attached hydrogen (secondary N) is 1. The number of esters is 1. The molecule has 7 heteroatoms. The highest BCUT2D eigenvalue weighted by Crippen LogP contribution is 2.24. The van der Waals surface area contributed by atoms with Crippen LogP contribution in [0.5, 0.6) is 0 Å². The third kappa shape index (κ3) is 5.01. The molecule has 2 aromatic rings. The maximum Gasteiger partial charge on any atom is 0.343 e. The summed E-state index contributed by atoms with van der Waals surface area (Å²) in [7, 11) is 0. The number of hydrogen-bond acceptors (Lipinski definition) is 4. The number of ether oxygens (including phenoxy) is 1. The Morgan fingerprint density at radius 3 is 2.75 bits per heavy atom. The van der Waals surface area contributed by atoms with E-state index < -0.39 is 5.97 Å². The monoisotopic (exact) mass is 401 g/mol. The molecule has 1 heterocycles. The van der Waals surface area contributed by atoms with Crippen LogP contribution in [-0.4, -0.2) is 34.8 Å². The molecule has 1 aromatic heterocycles. The number of amides is 1. The Kier molecular flexibility index (Phi) is 6.87. The highest BCUT2D eigenvalue weighted by molar-refractivity contribution is 6.33. The molecule has 0 bridgehead atoms. The Morgan fingerprint density at radius 2 is 2.04 bits per heavy atom. The van der Waals surface area contributed by atoms with Gasteiger partial charge < -0.3 is 10.1 Å². The second-order valence-corrected chi connectivity index (χ2v) is 7.14. The van der Waals surface area contributed by atoms with Crippen molar-refractivity contribution in [3.63, 3.8) is 0 Å². The second kappa shape index (κ2) is 9.55. The lowest BCUT2D eigenvalue weighted by atomic mass is 9.97. The van der Waals surface area contributed by atoms with Crippen molar-refractivity contribution in [1.82, 2.24) is 15.1 Å². The van der Waals surface area contributed by atoms with E-state index >= 15 is 0 Å². The van der Waals surface area contributed by atoms with Crippen LogP contribution >= 0.6 is 11.6 Å². The number of hydrogen-bond donors (Lipinski definition) is 1. The Balaban J connectivity index is 1.52. The molecule has 6 nitrogen and oxygen atoms in total. The number of para-hydroxylation sites is 1. The number of aryl methyl sites for hydroxylation is 1. The average Bonchev–Trinajstić information content (AvgIpc) is 3.02. The zero-order valence-electron chi connectivity index (χ0n) is 15.9. The molecule has 1 N–H and O–H groups in total. The molecule has 148 valence electrons. The Hall–Kier alpha value is -2.60. The van der Waals surface area contributed by atoms with Crippen LogP contribution in [0.3, 0.4) is 0 Å². The first-order valence-corrected chi connectivity index (χ1v) is 9.86. The number of halogens is 1.